The summed E-state index contributed by atoms with van der Waals surface area (Å²) in [4.78, 5) is 39.4. The lowest BCUT2D eigenvalue weighted by Crippen LogP contribution is -2.48. The molecule has 1 heterocycles. The SMILES string of the molecule is COC(=O)NCCOC(c1ccc(C)cc1)c1cccc(C(=O)NCC(CC2CCCOC2)N(C)C(=O)OC(C)(C)C)c1. The van der Waals surface area contributed by atoms with Gasteiger partial charge in [-0.25, -0.2) is 9.59 Å². The maximum atomic E-state index is 13.4. The van der Waals surface area contributed by atoms with E-state index in [-0.39, 0.29) is 31.6 Å². The van der Waals surface area contributed by atoms with Crippen molar-refractivity contribution in [2.45, 2.75) is 64.7 Å². The molecule has 43 heavy (non-hydrogen) atoms. The molecule has 0 aromatic heterocycles. The molecule has 3 rings (SSSR count). The van der Waals surface area contributed by atoms with Gasteiger partial charge in [-0.15, -0.1) is 0 Å². The summed E-state index contributed by atoms with van der Waals surface area (Å²) in [7, 11) is 3.03. The summed E-state index contributed by atoms with van der Waals surface area (Å²) in [6.45, 7) is 9.70. The number of nitrogens with zero attached hydrogens (tertiary/aromatic N) is 1. The largest absolute Gasteiger partial charge is 0.453 e. The average Bonchev–Trinajstić information content (AvgIpc) is 2.99. The fourth-order valence-corrected chi connectivity index (χ4v) is 4.92. The van der Waals surface area contributed by atoms with Crippen LogP contribution in [0.25, 0.3) is 0 Å². The molecule has 0 aliphatic carbocycles. The molecule has 0 bridgehead atoms. The Kier molecular flexibility index (Phi) is 12.8. The average molecular weight is 598 g/mol. The minimum Gasteiger partial charge on any atom is -0.453 e. The van der Waals surface area contributed by atoms with E-state index in [9.17, 15) is 14.4 Å². The van der Waals surface area contributed by atoms with Crippen molar-refractivity contribution in [1.29, 1.82) is 0 Å². The number of likely N-dealkylation sites (N-methyl/N-ethyl adjacent to an activating group) is 1. The number of ether oxygens (including phenoxy) is 4. The highest BCUT2D eigenvalue weighted by Crippen LogP contribution is 2.27. The second-order valence-corrected chi connectivity index (χ2v) is 12.0. The Morgan fingerprint density at radius 3 is 2.47 bits per heavy atom. The fourth-order valence-electron chi connectivity index (χ4n) is 4.92. The third kappa shape index (κ3) is 11.2. The number of methoxy groups -OCH3 is 1. The first kappa shape index (κ1) is 33.9. The van der Waals surface area contributed by atoms with Crippen LogP contribution in [0.15, 0.2) is 48.5 Å². The smallest absolute Gasteiger partial charge is 0.410 e. The Hall–Kier alpha value is -3.63. The first-order chi connectivity index (χ1) is 20.5. The number of carbonyl (C=O) groups is 3. The summed E-state index contributed by atoms with van der Waals surface area (Å²) in [6, 6.07) is 15.0. The quantitative estimate of drug-likeness (QED) is 0.322. The summed E-state index contributed by atoms with van der Waals surface area (Å²) in [6.07, 6.45) is 1.29. The Morgan fingerprint density at radius 2 is 1.81 bits per heavy atom. The maximum Gasteiger partial charge on any atom is 0.410 e. The third-order valence-electron chi connectivity index (χ3n) is 7.26. The van der Waals surface area contributed by atoms with E-state index in [1.807, 2.05) is 70.2 Å². The molecule has 1 fully saturated rings. The van der Waals surface area contributed by atoms with Crippen molar-refractivity contribution in [2.24, 2.45) is 5.92 Å². The predicted octanol–water partition coefficient (Wildman–Crippen LogP) is 5.24. The number of alkyl carbamates (subject to hydrolysis) is 1. The first-order valence-corrected chi connectivity index (χ1v) is 14.9. The number of benzene rings is 2. The van der Waals surface area contributed by atoms with E-state index in [0.717, 1.165) is 36.1 Å². The van der Waals surface area contributed by atoms with Crippen molar-refractivity contribution in [3.8, 4) is 0 Å². The zero-order chi connectivity index (χ0) is 31.4. The zero-order valence-corrected chi connectivity index (χ0v) is 26.3. The van der Waals surface area contributed by atoms with E-state index in [2.05, 4.69) is 15.4 Å². The van der Waals surface area contributed by atoms with Gasteiger partial charge in [-0.05, 0) is 76.1 Å². The molecule has 1 aliphatic rings. The van der Waals surface area contributed by atoms with Gasteiger partial charge in [-0.1, -0.05) is 42.0 Å². The van der Waals surface area contributed by atoms with E-state index in [1.165, 1.54) is 7.11 Å². The molecule has 1 saturated heterocycles. The van der Waals surface area contributed by atoms with Gasteiger partial charge in [0.2, 0.25) is 0 Å². The van der Waals surface area contributed by atoms with Gasteiger partial charge in [-0.3, -0.25) is 4.79 Å². The lowest BCUT2D eigenvalue weighted by Gasteiger charge is -2.34. The molecule has 3 atom stereocenters. The van der Waals surface area contributed by atoms with Gasteiger partial charge in [0.1, 0.15) is 11.7 Å². The number of carbonyl (C=O) groups excluding carboxylic acids is 3. The van der Waals surface area contributed by atoms with Gasteiger partial charge in [0, 0.05) is 38.9 Å². The number of hydrogen-bond acceptors (Lipinski definition) is 7. The molecule has 2 aromatic carbocycles. The summed E-state index contributed by atoms with van der Waals surface area (Å²) >= 11 is 0. The van der Waals surface area contributed by atoms with Gasteiger partial charge in [0.25, 0.3) is 5.91 Å². The number of hydrogen-bond donors (Lipinski definition) is 2. The molecule has 1 aliphatic heterocycles. The minimum absolute atomic E-state index is 0.244. The van der Waals surface area contributed by atoms with E-state index in [4.69, 9.17) is 14.2 Å². The molecule has 10 heteroatoms. The van der Waals surface area contributed by atoms with Crippen molar-refractivity contribution in [3.63, 3.8) is 0 Å². The van der Waals surface area contributed by atoms with Crippen LogP contribution in [0.5, 0.6) is 0 Å². The first-order valence-electron chi connectivity index (χ1n) is 14.9. The second kappa shape index (κ2) is 16.3. The van der Waals surface area contributed by atoms with E-state index in [0.29, 0.717) is 24.5 Å². The molecule has 2 aromatic rings. The molecule has 2 N–H and O–H groups in total. The number of aryl methyl sites for hydroxylation is 1. The number of nitrogens with one attached hydrogen (secondary N) is 2. The fraction of sp³-hybridized carbons (Fsp3) is 0.545. The van der Waals surface area contributed by atoms with Gasteiger partial charge in [-0.2, -0.15) is 0 Å². The highest BCUT2D eigenvalue weighted by Gasteiger charge is 2.29. The van der Waals surface area contributed by atoms with Gasteiger partial charge >= 0.3 is 12.2 Å². The molecular weight excluding hydrogens is 550 g/mol. The van der Waals surface area contributed by atoms with Crippen LogP contribution in [-0.4, -0.2) is 81.7 Å². The van der Waals surface area contributed by atoms with E-state index in [1.54, 1.807) is 18.0 Å². The summed E-state index contributed by atoms with van der Waals surface area (Å²) in [5, 5.41) is 5.66. The van der Waals surface area contributed by atoms with Gasteiger partial charge < -0.3 is 34.5 Å². The van der Waals surface area contributed by atoms with Crippen molar-refractivity contribution >= 4 is 18.1 Å². The normalized spacial score (nSPS) is 16.5. The summed E-state index contributed by atoms with van der Waals surface area (Å²) in [5.74, 6) is 0.0457. The zero-order valence-electron chi connectivity index (χ0n) is 26.3. The highest BCUT2D eigenvalue weighted by atomic mass is 16.6. The Balaban J connectivity index is 1.74. The molecule has 236 valence electrons. The Labute approximate surface area is 255 Å². The second-order valence-electron chi connectivity index (χ2n) is 12.0. The van der Waals surface area contributed by atoms with Crippen LogP contribution in [-0.2, 0) is 18.9 Å². The van der Waals surface area contributed by atoms with Gasteiger partial charge in [0.05, 0.1) is 19.8 Å². The van der Waals surface area contributed by atoms with Crippen LogP contribution in [0, 0.1) is 12.8 Å². The predicted molar refractivity (Wildman–Crippen MR) is 164 cm³/mol. The lowest BCUT2D eigenvalue weighted by atomic mass is 9.93. The molecule has 3 amide bonds. The Morgan fingerprint density at radius 1 is 1.07 bits per heavy atom. The topological polar surface area (TPSA) is 115 Å². The van der Waals surface area contributed by atoms with Crippen molar-refractivity contribution in [2.75, 3.05) is 47.1 Å². The minimum atomic E-state index is -0.626. The summed E-state index contributed by atoms with van der Waals surface area (Å²) in [5.41, 5.74) is 2.70. The maximum absolute atomic E-state index is 13.4. The molecule has 0 radical (unpaired) electrons. The molecular formula is C33H47N3O7. The van der Waals surface area contributed by atoms with Crippen molar-refractivity contribution < 1.29 is 33.3 Å². The van der Waals surface area contributed by atoms with Crippen LogP contribution < -0.4 is 10.6 Å². The van der Waals surface area contributed by atoms with E-state index < -0.39 is 23.9 Å². The highest BCUT2D eigenvalue weighted by molar-refractivity contribution is 5.94. The molecule has 0 saturated carbocycles. The summed E-state index contributed by atoms with van der Waals surface area (Å²) < 4.78 is 22.1. The van der Waals surface area contributed by atoms with Gasteiger partial charge in [0.15, 0.2) is 0 Å². The monoisotopic (exact) mass is 597 g/mol. The van der Waals surface area contributed by atoms with Crippen LogP contribution in [0.3, 0.4) is 0 Å². The van der Waals surface area contributed by atoms with Crippen LogP contribution in [0.1, 0.15) is 73.2 Å². The molecule has 0 spiro atoms. The number of rotatable bonds is 12. The Bertz CT molecular complexity index is 1190. The molecule has 10 nitrogen and oxygen atoms in total. The van der Waals surface area contributed by atoms with Crippen molar-refractivity contribution in [3.05, 3.63) is 70.8 Å². The number of amides is 3. The third-order valence-corrected chi connectivity index (χ3v) is 7.26. The van der Waals surface area contributed by atoms with E-state index >= 15 is 0 Å². The van der Waals surface area contributed by atoms with Crippen molar-refractivity contribution in [1.82, 2.24) is 15.5 Å². The van der Waals surface area contributed by atoms with Crippen LogP contribution in [0.4, 0.5) is 9.59 Å². The lowest BCUT2D eigenvalue weighted by molar-refractivity contribution is 0.0112. The van der Waals surface area contributed by atoms with Crippen LogP contribution >= 0.6 is 0 Å². The molecule has 3 unspecified atom stereocenters. The standard InChI is InChI=1S/C33H47N3O7/c1-23-12-14-25(15-13-23)29(42-18-16-34-31(38)40-6)26-10-7-11-27(20-26)30(37)35-21-28(19-24-9-8-17-41-22-24)36(5)32(39)43-33(2,3)4/h7,10-15,20,24,28-29H,8-9,16-19,21-22H2,1-6H3,(H,34,38)(H,35,37). The van der Waals surface area contributed by atoms with Crippen LogP contribution in [0.2, 0.25) is 0 Å².